The van der Waals surface area contributed by atoms with Gasteiger partial charge in [-0.3, -0.25) is 9.59 Å². The van der Waals surface area contributed by atoms with Gasteiger partial charge in [-0.25, -0.2) is 4.79 Å². The molecule has 1 aromatic carbocycles. The fourth-order valence-electron chi connectivity index (χ4n) is 2.68. The molecule has 1 heterocycles. The van der Waals surface area contributed by atoms with Crippen LogP contribution in [0.5, 0.6) is 0 Å². The molecule has 7 heteroatoms. The van der Waals surface area contributed by atoms with Crippen molar-refractivity contribution >= 4 is 28.7 Å². The number of carbonyl (C=O) groups is 3. The maximum Gasteiger partial charge on any atom is 0.328 e. The van der Waals surface area contributed by atoms with Crippen LogP contribution in [0, 0.1) is 0 Å². The summed E-state index contributed by atoms with van der Waals surface area (Å²) in [5, 5.41) is 3.63. The highest BCUT2D eigenvalue weighted by atomic mass is 16.5. The minimum atomic E-state index is -0.878. The Kier molecular flexibility index (Phi) is 7.20. The summed E-state index contributed by atoms with van der Waals surface area (Å²) in [7, 11) is 0. The van der Waals surface area contributed by atoms with Crippen molar-refractivity contribution in [1.82, 2.24) is 10.3 Å². The fourth-order valence-corrected chi connectivity index (χ4v) is 2.68. The zero-order chi connectivity index (χ0) is 18.9. The zero-order valence-electron chi connectivity index (χ0n) is 15.0. The largest absolute Gasteiger partial charge is 0.466 e. The second kappa shape index (κ2) is 9.60. The van der Waals surface area contributed by atoms with Gasteiger partial charge in [0.15, 0.2) is 0 Å². The van der Waals surface area contributed by atoms with E-state index in [9.17, 15) is 14.4 Å². The molecule has 140 valence electrons. The summed E-state index contributed by atoms with van der Waals surface area (Å²) in [5.41, 5.74) is 1.78. The van der Waals surface area contributed by atoms with Crippen LogP contribution < -0.4 is 5.32 Å². The van der Waals surface area contributed by atoms with Crippen molar-refractivity contribution < 1.29 is 23.9 Å². The molecule has 7 nitrogen and oxygen atoms in total. The van der Waals surface area contributed by atoms with E-state index in [2.05, 4.69) is 10.3 Å². The van der Waals surface area contributed by atoms with Gasteiger partial charge in [-0.1, -0.05) is 18.2 Å². The zero-order valence-corrected chi connectivity index (χ0v) is 15.0. The second-order valence-electron chi connectivity index (χ2n) is 5.75. The molecule has 1 amide bonds. The Morgan fingerprint density at radius 2 is 1.85 bits per heavy atom. The lowest BCUT2D eigenvalue weighted by Gasteiger charge is -2.17. The molecule has 0 bridgehead atoms. The third-order valence-corrected chi connectivity index (χ3v) is 3.87. The number of nitrogens with one attached hydrogen (secondary N) is 2. The Balaban J connectivity index is 2.00. The average Bonchev–Trinajstić information content (AvgIpc) is 3.02. The van der Waals surface area contributed by atoms with E-state index in [1.54, 1.807) is 20.0 Å². The van der Waals surface area contributed by atoms with E-state index < -0.39 is 18.0 Å². The first-order chi connectivity index (χ1) is 12.5. The van der Waals surface area contributed by atoms with E-state index in [0.717, 1.165) is 16.5 Å². The van der Waals surface area contributed by atoms with Gasteiger partial charge in [0.1, 0.15) is 6.04 Å². The number of ether oxygens (including phenoxy) is 2. The summed E-state index contributed by atoms with van der Waals surface area (Å²) in [4.78, 5) is 39.1. The minimum Gasteiger partial charge on any atom is -0.466 e. The van der Waals surface area contributed by atoms with Crippen molar-refractivity contribution in [1.29, 1.82) is 0 Å². The molecule has 1 aromatic heterocycles. The molecule has 0 aliphatic heterocycles. The van der Waals surface area contributed by atoms with Gasteiger partial charge in [0, 0.05) is 23.5 Å². The van der Waals surface area contributed by atoms with Gasteiger partial charge in [-0.05, 0) is 31.9 Å². The molecule has 26 heavy (non-hydrogen) atoms. The molecule has 0 saturated carbocycles. The molecule has 2 aromatic rings. The van der Waals surface area contributed by atoms with Gasteiger partial charge in [-0.2, -0.15) is 0 Å². The maximum atomic E-state index is 12.4. The summed E-state index contributed by atoms with van der Waals surface area (Å²) in [6, 6.07) is 6.79. The minimum absolute atomic E-state index is 0.0324. The normalized spacial score (nSPS) is 11.8. The smallest absolute Gasteiger partial charge is 0.328 e. The van der Waals surface area contributed by atoms with Gasteiger partial charge in [-0.15, -0.1) is 0 Å². The number of esters is 2. The van der Waals surface area contributed by atoms with Crippen LogP contribution in [0.1, 0.15) is 32.3 Å². The number of fused-ring (bicyclic) bond motifs is 1. The molecule has 1 atom stereocenters. The number of hydrogen-bond acceptors (Lipinski definition) is 5. The number of aromatic amines is 1. The van der Waals surface area contributed by atoms with Crippen LogP contribution in [0.2, 0.25) is 0 Å². The molecule has 0 saturated heterocycles. The molecule has 0 aliphatic rings. The number of aromatic nitrogens is 1. The standard InChI is InChI=1S/C19H24N2O5/c1-3-25-18(23)10-9-16(19(24)26-4-2)21-17(22)11-13-12-20-15-8-6-5-7-14(13)15/h5-8,12,16,20H,3-4,9-11H2,1-2H3,(H,21,22)/t16-/m0/s1. The van der Waals surface area contributed by atoms with Crippen LogP contribution in [-0.4, -0.2) is 42.1 Å². The van der Waals surface area contributed by atoms with Gasteiger partial charge in [0.25, 0.3) is 0 Å². The summed E-state index contributed by atoms with van der Waals surface area (Å²) in [5.74, 6) is -1.27. The summed E-state index contributed by atoms with van der Waals surface area (Å²) in [6.07, 6.45) is 2.07. The predicted molar refractivity (Wildman–Crippen MR) is 96.4 cm³/mol. The molecule has 2 N–H and O–H groups in total. The number of amides is 1. The van der Waals surface area contributed by atoms with E-state index >= 15 is 0 Å². The number of carbonyl (C=O) groups excluding carboxylic acids is 3. The van der Waals surface area contributed by atoms with Crippen molar-refractivity contribution in [3.8, 4) is 0 Å². The molecule has 0 aliphatic carbocycles. The van der Waals surface area contributed by atoms with Crippen LogP contribution in [0.15, 0.2) is 30.5 Å². The number of benzene rings is 1. The Morgan fingerprint density at radius 1 is 1.12 bits per heavy atom. The Hall–Kier alpha value is -2.83. The monoisotopic (exact) mass is 360 g/mol. The van der Waals surface area contributed by atoms with Crippen LogP contribution in [0.25, 0.3) is 10.9 Å². The van der Waals surface area contributed by atoms with Gasteiger partial charge in [0.05, 0.1) is 19.6 Å². The first-order valence-corrected chi connectivity index (χ1v) is 8.71. The number of hydrogen-bond donors (Lipinski definition) is 2. The number of rotatable bonds is 9. The first kappa shape index (κ1) is 19.5. The average molecular weight is 360 g/mol. The Morgan fingerprint density at radius 3 is 2.58 bits per heavy atom. The Labute approximate surface area is 152 Å². The second-order valence-corrected chi connectivity index (χ2v) is 5.75. The highest BCUT2D eigenvalue weighted by Gasteiger charge is 2.23. The highest BCUT2D eigenvalue weighted by molar-refractivity contribution is 5.91. The molecule has 0 spiro atoms. The summed E-state index contributed by atoms with van der Waals surface area (Å²) >= 11 is 0. The maximum absolute atomic E-state index is 12.4. The summed E-state index contributed by atoms with van der Waals surface area (Å²) < 4.78 is 9.85. The van der Waals surface area contributed by atoms with Crippen molar-refractivity contribution in [3.63, 3.8) is 0 Å². The molecule has 0 unspecified atom stereocenters. The van der Waals surface area contributed by atoms with Crippen LogP contribution in [0.3, 0.4) is 0 Å². The SMILES string of the molecule is CCOC(=O)CC[C@H](NC(=O)Cc1c[nH]c2ccccc12)C(=O)OCC. The molecule has 0 radical (unpaired) electrons. The molecule has 0 fully saturated rings. The van der Waals surface area contributed by atoms with Crippen LogP contribution in [-0.2, 0) is 30.3 Å². The topological polar surface area (TPSA) is 97.5 Å². The molecule has 2 rings (SSSR count). The third kappa shape index (κ3) is 5.34. The van der Waals surface area contributed by atoms with Crippen molar-refractivity contribution in [2.24, 2.45) is 0 Å². The Bertz CT molecular complexity index is 768. The van der Waals surface area contributed by atoms with Gasteiger partial charge < -0.3 is 19.8 Å². The van der Waals surface area contributed by atoms with E-state index in [-0.39, 0.29) is 38.4 Å². The lowest BCUT2D eigenvalue weighted by molar-refractivity contribution is -0.148. The van der Waals surface area contributed by atoms with Gasteiger partial charge in [0.2, 0.25) is 5.91 Å². The third-order valence-electron chi connectivity index (χ3n) is 3.87. The first-order valence-electron chi connectivity index (χ1n) is 8.71. The van der Waals surface area contributed by atoms with E-state index in [0.29, 0.717) is 0 Å². The summed E-state index contributed by atoms with van der Waals surface area (Å²) in [6.45, 7) is 3.88. The van der Waals surface area contributed by atoms with Crippen LogP contribution >= 0.6 is 0 Å². The number of H-pyrrole nitrogens is 1. The quantitative estimate of drug-likeness (QED) is 0.668. The van der Waals surface area contributed by atoms with Crippen molar-refractivity contribution in [2.75, 3.05) is 13.2 Å². The van der Waals surface area contributed by atoms with Crippen molar-refractivity contribution in [3.05, 3.63) is 36.0 Å². The number of para-hydroxylation sites is 1. The van der Waals surface area contributed by atoms with E-state index in [4.69, 9.17) is 9.47 Å². The predicted octanol–water partition coefficient (Wildman–Crippen LogP) is 2.10. The lowest BCUT2D eigenvalue weighted by Crippen LogP contribution is -2.42. The van der Waals surface area contributed by atoms with Gasteiger partial charge >= 0.3 is 11.9 Å². The van der Waals surface area contributed by atoms with Crippen LogP contribution in [0.4, 0.5) is 0 Å². The molecular weight excluding hydrogens is 336 g/mol. The lowest BCUT2D eigenvalue weighted by atomic mass is 10.1. The van der Waals surface area contributed by atoms with E-state index in [1.807, 2.05) is 24.3 Å². The highest BCUT2D eigenvalue weighted by Crippen LogP contribution is 2.18. The molecular formula is C19H24N2O5. The van der Waals surface area contributed by atoms with Crippen molar-refractivity contribution in [2.45, 2.75) is 39.2 Å². The fraction of sp³-hybridized carbons (Fsp3) is 0.421. The van der Waals surface area contributed by atoms with E-state index in [1.165, 1.54) is 0 Å².